The zero-order chi connectivity index (χ0) is 14.2. The zero-order valence-corrected chi connectivity index (χ0v) is 11.5. The van der Waals surface area contributed by atoms with E-state index in [0.29, 0.717) is 11.3 Å². The van der Waals surface area contributed by atoms with Crippen molar-refractivity contribution in [3.63, 3.8) is 0 Å². The van der Waals surface area contributed by atoms with E-state index < -0.39 is 17.5 Å². The summed E-state index contributed by atoms with van der Waals surface area (Å²) in [5.41, 5.74) is 6.35. The van der Waals surface area contributed by atoms with Crippen molar-refractivity contribution in [1.82, 2.24) is 0 Å². The highest BCUT2D eigenvalue weighted by Crippen LogP contribution is 2.29. The number of hydrogen-bond acceptors (Lipinski definition) is 2. The van der Waals surface area contributed by atoms with Crippen LogP contribution in [0.3, 0.4) is 0 Å². The Morgan fingerprint density at radius 3 is 2.32 bits per heavy atom. The molecule has 0 aliphatic heterocycles. The number of nitrogens with two attached hydrogens (primary N) is 1. The average molecular weight is 331 g/mol. The van der Waals surface area contributed by atoms with Crippen LogP contribution < -0.4 is 11.1 Å². The molecule has 0 spiro atoms. The Morgan fingerprint density at radius 2 is 1.63 bits per heavy atom. The molecule has 2 aromatic rings. The third-order valence-corrected chi connectivity index (χ3v) is 3.22. The SMILES string of the molecule is Cc1cc(Nc2cc(F)c(Br)cc2F)c(N)cc1F. The molecule has 2 rings (SSSR count). The molecule has 3 N–H and O–H groups in total. The molecule has 0 aliphatic rings. The number of nitrogens with one attached hydrogen (secondary N) is 1. The summed E-state index contributed by atoms with van der Waals surface area (Å²) in [6.07, 6.45) is 0. The monoisotopic (exact) mass is 330 g/mol. The van der Waals surface area contributed by atoms with E-state index in [2.05, 4.69) is 21.2 Å². The fourth-order valence-corrected chi connectivity index (χ4v) is 1.88. The smallest absolute Gasteiger partial charge is 0.147 e. The van der Waals surface area contributed by atoms with Crippen molar-refractivity contribution in [3.8, 4) is 0 Å². The summed E-state index contributed by atoms with van der Waals surface area (Å²) in [6.45, 7) is 1.55. The van der Waals surface area contributed by atoms with Gasteiger partial charge in [-0.25, -0.2) is 13.2 Å². The lowest BCUT2D eigenvalue weighted by molar-refractivity contribution is 0.598. The first-order valence-corrected chi connectivity index (χ1v) is 6.15. The Bertz CT molecular complexity index is 589. The predicted molar refractivity (Wildman–Crippen MR) is 72.9 cm³/mol. The first kappa shape index (κ1) is 13.7. The van der Waals surface area contributed by atoms with Gasteiger partial charge >= 0.3 is 0 Å². The average Bonchev–Trinajstić information content (AvgIpc) is 2.32. The van der Waals surface area contributed by atoms with Gasteiger partial charge in [0, 0.05) is 6.07 Å². The second-order valence-electron chi connectivity index (χ2n) is 4.06. The van der Waals surface area contributed by atoms with Gasteiger partial charge < -0.3 is 11.1 Å². The Morgan fingerprint density at radius 1 is 0.947 bits per heavy atom. The summed E-state index contributed by atoms with van der Waals surface area (Å²) >= 11 is 2.88. The van der Waals surface area contributed by atoms with E-state index >= 15 is 0 Å². The molecular formula is C13H10BrF3N2. The molecule has 0 atom stereocenters. The van der Waals surface area contributed by atoms with Crippen LogP contribution in [-0.4, -0.2) is 0 Å². The van der Waals surface area contributed by atoms with E-state index in [9.17, 15) is 13.2 Å². The van der Waals surface area contributed by atoms with Crippen LogP contribution in [0.25, 0.3) is 0 Å². The molecule has 0 aromatic heterocycles. The van der Waals surface area contributed by atoms with Gasteiger partial charge in [-0.05, 0) is 46.6 Å². The highest BCUT2D eigenvalue weighted by molar-refractivity contribution is 9.10. The maximum Gasteiger partial charge on any atom is 0.147 e. The van der Waals surface area contributed by atoms with Gasteiger partial charge in [0.2, 0.25) is 0 Å². The molecule has 0 aliphatic carbocycles. The molecule has 0 amide bonds. The van der Waals surface area contributed by atoms with E-state index in [1.807, 2.05) is 0 Å². The molecule has 19 heavy (non-hydrogen) atoms. The Hall–Kier alpha value is -1.69. The summed E-state index contributed by atoms with van der Waals surface area (Å²) in [5, 5.41) is 2.65. The number of rotatable bonds is 2. The minimum atomic E-state index is -0.644. The van der Waals surface area contributed by atoms with Crippen molar-refractivity contribution < 1.29 is 13.2 Å². The largest absolute Gasteiger partial charge is 0.397 e. The van der Waals surface area contributed by atoms with E-state index in [-0.39, 0.29) is 15.8 Å². The highest BCUT2D eigenvalue weighted by Gasteiger charge is 2.11. The quantitative estimate of drug-likeness (QED) is 0.628. The van der Waals surface area contributed by atoms with Crippen LogP contribution in [0.1, 0.15) is 5.56 Å². The Labute approximate surface area is 116 Å². The Balaban J connectivity index is 2.42. The topological polar surface area (TPSA) is 38.0 Å². The van der Waals surface area contributed by atoms with Crippen molar-refractivity contribution in [2.45, 2.75) is 6.92 Å². The van der Waals surface area contributed by atoms with Crippen LogP contribution in [0, 0.1) is 24.4 Å². The van der Waals surface area contributed by atoms with Crippen LogP contribution in [0.2, 0.25) is 0 Å². The molecule has 0 radical (unpaired) electrons. The number of aryl methyl sites for hydroxylation is 1. The molecule has 2 nitrogen and oxygen atoms in total. The molecular weight excluding hydrogens is 321 g/mol. The molecule has 0 unspecified atom stereocenters. The number of hydrogen-bond donors (Lipinski definition) is 2. The van der Waals surface area contributed by atoms with Gasteiger partial charge in [-0.15, -0.1) is 0 Å². The first-order valence-electron chi connectivity index (χ1n) is 5.35. The van der Waals surface area contributed by atoms with Crippen LogP contribution in [0.15, 0.2) is 28.7 Å². The highest BCUT2D eigenvalue weighted by atomic mass is 79.9. The number of halogens is 4. The number of nitrogen functional groups attached to an aromatic ring is 1. The summed E-state index contributed by atoms with van der Waals surface area (Å²) in [5.74, 6) is -1.71. The molecule has 0 bridgehead atoms. The maximum atomic E-state index is 13.7. The third kappa shape index (κ3) is 2.84. The summed E-state index contributed by atoms with van der Waals surface area (Å²) in [7, 11) is 0. The van der Waals surface area contributed by atoms with Gasteiger partial charge in [0.15, 0.2) is 0 Å². The van der Waals surface area contributed by atoms with Crippen LogP contribution in [0.5, 0.6) is 0 Å². The van der Waals surface area contributed by atoms with Crippen molar-refractivity contribution in [2.24, 2.45) is 0 Å². The van der Waals surface area contributed by atoms with Gasteiger partial charge in [0.1, 0.15) is 17.5 Å². The molecule has 0 saturated carbocycles. The van der Waals surface area contributed by atoms with E-state index in [1.165, 1.54) is 6.07 Å². The lowest BCUT2D eigenvalue weighted by Crippen LogP contribution is -2.01. The fourth-order valence-electron chi connectivity index (χ4n) is 1.57. The summed E-state index contributed by atoms with van der Waals surface area (Å²) in [4.78, 5) is 0. The van der Waals surface area contributed by atoms with Crippen molar-refractivity contribution in [3.05, 3.63) is 51.8 Å². The van der Waals surface area contributed by atoms with Crippen molar-refractivity contribution in [1.29, 1.82) is 0 Å². The lowest BCUT2D eigenvalue weighted by atomic mass is 10.1. The standard InChI is InChI=1S/C13H10BrF3N2/c1-6-2-13(11(18)4-8(6)15)19-12-5-9(16)7(14)3-10(12)17/h2-5,19H,18H2,1H3. The Kier molecular flexibility index (Phi) is 3.71. The molecule has 100 valence electrons. The normalized spacial score (nSPS) is 10.6. The van der Waals surface area contributed by atoms with E-state index in [1.54, 1.807) is 6.92 Å². The molecule has 2 aromatic carbocycles. The molecule has 0 fully saturated rings. The third-order valence-electron chi connectivity index (χ3n) is 2.61. The summed E-state index contributed by atoms with van der Waals surface area (Å²) < 4.78 is 40.3. The second kappa shape index (κ2) is 5.13. The minimum Gasteiger partial charge on any atom is -0.397 e. The number of anilines is 3. The van der Waals surface area contributed by atoms with Gasteiger partial charge in [0.25, 0.3) is 0 Å². The van der Waals surface area contributed by atoms with Crippen LogP contribution >= 0.6 is 15.9 Å². The second-order valence-corrected chi connectivity index (χ2v) is 4.91. The van der Waals surface area contributed by atoms with Crippen molar-refractivity contribution >= 4 is 33.0 Å². The summed E-state index contributed by atoms with van der Waals surface area (Å²) in [6, 6.07) is 4.57. The van der Waals surface area contributed by atoms with Crippen molar-refractivity contribution in [2.75, 3.05) is 11.1 Å². The van der Waals surface area contributed by atoms with Crippen LogP contribution in [-0.2, 0) is 0 Å². The molecule has 0 saturated heterocycles. The number of benzene rings is 2. The van der Waals surface area contributed by atoms with E-state index in [0.717, 1.165) is 18.2 Å². The van der Waals surface area contributed by atoms with E-state index in [4.69, 9.17) is 5.73 Å². The first-order chi connectivity index (χ1) is 8.88. The van der Waals surface area contributed by atoms with Gasteiger partial charge in [0.05, 0.1) is 21.5 Å². The predicted octanol–water partition coefficient (Wildman–Crippen LogP) is 4.50. The van der Waals surface area contributed by atoms with Crippen LogP contribution in [0.4, 0.5) is 30.2 Å². The van der Waals surface area contributed by atoms with Gasteiger partial charge in [-0.3, -0.25) is 0 Å². The fraction of sp³-hybridized carbons (Fsp3) is 0.0769. The minimum absolute atomic E-state index is 0.0267. The maximum absolute atomic E-state index is 13.7. The lowest BCUT2D eigenvalue weighted by Gasteiger charge is -2.12. The van der Waals surface area contributed by atoms with Gasteiger partial charge in [-0.1, -0.05) is 0 Å². The van der Waals surface area contributed by atoms with Gasteiger partial charge in [-0.2, -0.15) is 0 Å². The molecule has 0 heterocycles. The zero-order valence-electron chi connectivity index (χ0n) is 9.90. The molecule has 6 heteroatoms.